The number of rotatable bonds is 2. The molecule has 1 unspecified atom stereocenters. The van der Waals surface area contributed by atoms with E-state index in [1.54, 1.807) is 17.8 Å². The van der Waals surface area contributed by atoms with E-state index in [0.29, 0.717) is 0 Å². The Morgan fingerprint density at radius 3 is 2.62 bits per heavy atom. The van der Waals surface area contributed by atoms with E-state index >= 15 is 0 Å². The molecule has 0 saturated carbocycles. The molecule has 1 atom stereocenters. The molecule has 2 aliphatic rings. The zero-order valence-electron chi connectivity index (χ0n) is 13.3. The summed E-state index contributed by atoms with van der Waals surface area (Å²) < 4.78 is 19.3. The van der Waals surface area contributed by atoms with E-state index in [1.165, 1.54) is 23.1 Å². The largest absolute Gasteiger partial charge is 0.446 e. The molecule has 2 nitrogen and oxygen atoms in total. The van der Waals surface area contributed by atoms with Crippen LogP contribution in [0.4, 0.5) is 4.39 Å². The maximum Gasteiger partial charge on any atom is 0.332 e. The molecular formula is C20H15FO2S. The summed E-state index contributed by atoms with van der Waals surface area (Å²) in [6.07, 6.45) is 5.52. The van der Waals surface area contributed by atoms with Crippen LogP contribution in [0.15, 0.2) is 53.4 Å². The Morgan fingerprint density at radius 1 is 1.17 bits per heavy atom. The van der Waals surface area contributed by atoms with Gasteiger partial charge in [0, 0.05) is 22.1 Å². The smallest absolute Gasteiger partial charge is 0.332 e. The summed E-state index contributed by atoms with van der Waals surface area (Å²) in [5, 5.41) is 0. The van der Waals surface area contributed by atoms with E-state index < -0.39 is 5.60 Å². The number of ether oxygens (including phenoxy) is 1. The van der Waals surface area contributed by atoms with Crippen molar-refractivity contribution < 1.29 is 13.9 Å². The molecule has 4 rings (SSSR count). The molecular weight excluding hydrogens is 325 g/mol. The lowest BCUT2D eigenvalue weighted by Crippen LogP contribution is -2.24. The fraction of sp³-hybridized carbons (Fsp3) is 0.150. The van der Waals surface area contributed by atoms with Crippen LogP contribution in [0.25, 0.3) is 17.2 Å². The van der Waals surface area contributed by atoms with Crippen molar-refractivity contribution in [2.75, 3.05) is 6.26 Å². The van der Waals surface area contributed by atoms with Gasteiger partial charge in [-0.1, -0.05) is 18.2 Å². The second-order valence-corrected chi connectivity index (χ2v) is 6.91. The van der Waals surface area contributed by atoms with Crippen LogP contribution in [0.1, 0.15) is 23.6 Å². The molecule has 1 aliphatic carbocycles. The van der Waals surface area contributed by atoms with Gasteiger partial charge in [0.15, 0.2) is 5.60 Å². The molecule has 4 heteroatoms. The number of fused-ring (bicyclic) bond motifs is 3. The third kappa shape index (κ3) is 2.21. The van der Waals surface area contributed by atoms with Gasteiger partial charge < -0.3 is 4.74 Å². The van der Waals surface area contributed by atoms with Crippen molar-refractivity contribution in [3.05, 3.63) is 71.0 Å². The van der Waals surface area contributed by atoms with Crippen LogP contribution in [0.3, 0.4) is 0 Å². The predicted molar refractivity (Wildman–Crippen MR) is 95.0 cm³/mol. The number of carbonyl (C=O) groups excluding carboxylic acids is 1. The fourth-order valence-electron chi connectivity index (χ4n) is 3.39. The number of hydrogen-bond acceptors (Lipinski definition) is 3. The standard InChI is InChI=1S/C20H15FO2S/c1-20-17(9-12-3-6-14(24-2)7-4-12)15-8-5-13(21)10-16(15)18(20)11-19(22)23-20/h3-11H,1-2H3/b17-9+/i2+2. The molecule has 2 aromatic carbocycles. The highest BCUT2D eigenvalue weighted by molar-refractivity contribution is 7.98. The Morgan fingerprint density at radius 2 is 1.92 bits per heavy atom. The zero-order valence-corrected chi connectivity index (χ0v) is 14.1. The molecule has 0 radical (unpaired) electrons. The summed E-state index contributed by atoms with van der Waals surface area (Å²) in [5.74, 6) is -0.701. The van der Waals surface area contributed by atoms with Crippen molar-refractivity contribution in [3.63, 3.8) is 0 Å². The second-order valence-electron chi connectivity index (χ2n) is 6.03. The average molecular weight is 340 g/mol. The minimum absolute atomic E-state index is 0.318. The predicted octanol–water partition coefficient (Wildman–Crippen LogP) is 4.80. The minimum atomic E-state index is -0.856. The summed E-state index contributed by atoms with van der Waals surface area (Å²) in [7, 11) is 0. The highest BCUT2D eigenvalue weighted by Gasteiger charge is 2.49. The quantitative estimate of drug-likeness (QED) is 0.580. The molecule has 1 heterocycles. The van der Waals surface area contributed by atoms with E-state index in [9.17, 15) is 9.18 Å². The molecule has 0 bridgehead atoms. The van der Waals surface area contributed by atoms with Crippen molar-refractivity contribution in [3.8, 4) is 0 Å². The SMILES string of the molecule is CC12OC(=O)C=C1c1cc(F)ccc1/C2=C\c1ccc(S[14CH3])cc1. The summed E-state index contributed by atoms with van der Waals surface area (Å²) in [6, 6.07) is 12.8. The van der Waals surface area contributed by atoms with Crippen LogP contribution in [-0.4, -0.2) is 17.8 Å². The van der Waals surface area contributed by atoms with E-state index in [0.717, 1.165) is 27.8 Å². The lowest BCUT2D eigenvalue weighted by molar-refractivity contribution is -0.140. The topological polar surface area (TPSA) is 26.3 Å². The number of hydrogen-bond donors (Lipinski definition) is 0. The van der Waals surface area contributed by atoms with Crippen LogP contribution in [0.2, 0.25) is 0 Å². The van der Waals surface area contributed by atoms with Crippen LogP contribution < -0.4 is 0 Å². The van der Waals surface area contributed by atoms with Gasteiger partial charge in [-0.3, -0.25) is 0 Å². The molecule has 0 spiro atoms. The maximum atomic E-state index is 13.7. The average Bonchev–Trinajstić information content (AvgIpc) is 2.98. The molecule has 0 saturated heterocycles. The first-order chi connectivity index (χ1) is 11.5. The van der Waals surface area contributed by atoms with E-state index in [1.807, 2.05) is 31.4 Å². The number of benzene rings is 2. The van der Waals surface area contributed by atoms with E-state index in [4.69, 9.17) is 4.74 Å². The van der Waals surface area contributed by atoms with E-state index in [2.05, 4.69) is 12.1 Å². The highest BCUT2D eigenvalue weighted by atomic mass is 32.2. The maximum absolute atomic E-state index is 13.7. The third-order valence-electron chi connectivity index (χ3n) is 4.58. The highest BCUT2D eigenvalue weighted by Crippen LogP contribution is 2.53. The van der Waals surface area contributed by atoms with Crippen molar-refractivity contribution in [1.29, 1.82) is 0 Å². The first-order valence-corrected chi connectivity index (χ1v) is 8.85. The molecule has 1 aliphatic heterocycles. The minimum Gasteiger partial charge on any atom is -0.446 e. The van der Waals surface area contributed by atoms with E-state index in [-0.39, 0.29) is 11.8 Å². The van der Waals surface area contributed by atoms with Crippen molar-refractivity contribution in [2.24, 2.45) is 0 Å². The number of esters is 1. The van der Waals surface area contributed by atoms with Crippen LogP contribution in [-0.2, 0) is 9.53 Å². The van der Waals surface area contributed by atoms with Crippen molar-refractivity contribution >= 4 is 35.0 Å². The fourth-order valence-corrected chi connectivity index (χ4v) is 3.80. The van der Waals surface area contributed by atoms with Gasteiger partial charge in [0.05, 0.1) is 0 Å². The van der Waals surface area contributed by atoms with Crippen LogP contribution >= 0.6 is 11.8 Å². The number of thioether (sulfide) groups is 1. The number of halogens is 1. The van der Waals surface area contributed by atoms with Crippen LogP contribution in [0, 0.1) is 5.82 Å². The summed E-state index contributed by atoms with van der Waals surface area (Å²) in [6.45, 7) is 1.86. The third-order valence-corrected chi connectivity index (χ3v) is 5.33. The number of carbonyl (C=O) groups is 1. The molecule has 120 valence electrons. The lowest BCUT2D eigenvalue weighted by Gasteiger charge is -2.23. The Bertz CT molecular complexity index is 912. The van der Waals surface area contributed by atoms with Gasteiger partial charge in [0.1, 0.15) is 5.82 Å². The first kappa shape index (κ1) is 15.2. The molecule has 0 aromatic heterocycles. The Labute approximate surface area is 144 Å². The van der Waals surface area contributed by atoms with Crippen molar-refractivity contribution in [1.82, 2.24) is 0 Å². The summed E-state index contributed by atoms with van der Waals surface area (Å²) in [4.78, 5) is 13.0. The van der Waals surface area contributed by atoms with Gasteiger partial charge in [-0.2, -0.15) is 0 Å². The van der Waals surface area contributed by atoms with Gasteiger partial charge in [-0.25, -0.2) is 9.18 Å². The van der Waals surface area contributed by atoms with Gasteiger partial charge in [0.2, 0.25) is 0 Å². The normalized spacial score (nSPS) is 23.0. The first-order valence-electron chi connectivity index (χ1n) is 7.63. The molecule has 24 heavy (non-hydrogen) atoms. The Hall–Kier alpha value is -2.33. The second kappa shape index (κ2) is 5.35. The molecule has 2 aromatic rings. The molecule has 0 fully saturated rings. The van der Waals surface area contributed by atoms with Gasteiger partial charge in [-0.15, -0.1) is 11.8 Å². The van der Waals surface area contributed by atoms with Gasteiger partial charge in [-0.05, 0) is 60.2 Å². The lowest BCUT2D eigenvalue weighted by atomic mass is 9.92. The van der Waals surface area contributed by atoms with Crippen LogP contribution in [0.5, 0.6) is 0 Å². The van der Waals surface area contributed by atoms with Gasteiger partial charge in [0.25, 0.3) is 0 Å². The molecule has 0 amide bonds. The van der Waals surface area contributed by atoms with Gasteiger partial charge >= 0.3 is 5.97 Å². The summed E-state index contributed by atoms with van der Waals surface area (Å²) >= 11 is 1.68. The van der Waals surface area contributed by atoms with Crippen molar-refractivity contribution in [2.45, 2.75) is 17.4 Å². The zero-order chi connectivity index (χ0) is 16.9. The Kier molecular flexibility index (Phi) is 3.39. The monoisotopic (exact) mass is 340 g/mol. The molecule has 0 N–H and O–H groups in total. The summed E-state index contributed by atoms with van der Waals surface area (Å²) in [5.41, 5.74) is 3.41. The Balaban J connectivity index is 1.89.